The van der Waals surface area contributed by atoms with Gasteiger partial charge in [-0.3, -0.25) is 9.59 Å². The van der Waals surface area contributed by atoms with E-state index in [-0.39, 0.29) is 17.7 Å². The lowest BCUT2D eigenvalue weighted by atomic mass is 9.46. The molecule has 0 aliphatic heterocycles. The Hall–Kier alpha value is -2.09. The number of rotatable bonds is 4. The molecule has 4 aliphatic rings. The molecule has 3 saturated carbocycles. The highest BCUT2D eigenvalue weighted by atomic mass is 16.5. The molecule has 0 spiro atoms. The maximum atomic E-state index is 12.0. The molecule has 0 aromatic heterocycles. The van der Waals surface area contributed by atoms with E-state index in [4.69, 9.17) is 11.2 Å². The molecule has 29 heavy (non-hydrogen) atoms. The zero-order valence-electron chi connectivity index (χ0n) is 17.2. The predicted octanol–water partition coefficient (Wildman–Crippen LogP) is 3.62. The summed E-state index contributed by atoms with van der Waals surface area (Å²) in [6.07, 6.45) is 12.4. The Kier molecular flexibility index (Phi) is 4.88. The lowest BCUT2D eigenvalue weighted by molar-refractivity contribution is -0.173. The van der Waals surface area contributed by atoms with Crippen molar-refractivity contribution in [1.82, 2.24) is 0 Å². The number of allylic oxidation sites excluding steroid dienone is 1. The summed E-state index contributed by atoms with van der Waals surface area (Å²) in [4.78, 5) is 35.0. The van der Waals surface area contributed by atoms with Crippen LogP contribution in [0.5, 0.6) is 0 Å². The highest BCUT2D eigenvalue weighted by Gasteiger charge is 2.67. The molecule has 5 nitrogen and oxygen atoms in total. The van der Waals surface area contributed by atoms with E-state index >= 15 is 0 Å². The molecule has 4 aliphatic carbocycles. The van der Waals surface area contributed by atoms with E-state index in [1.807, 2.05) is 6.08 Å². The van der Waals surface area contributed by atoms with Crippen LogP contribution >= 0.6 is 0 Å². The van der Waals surface area contributed by atoms with Crippen LogP contribution in [-0.4, -0.2) is 29.4 Å². The summed E-state index contributed by atoms with van der Waals surface area (Å²) in [7, 11) is 0. The van der Waals surface area contributed by atoms with Gasteiger partial charge in [0.1, 0.15) is 0 Å². The average Bonchev–Trinajstić information content (AvgIpc) is 2.98. The summed E-state index contributed by atoms with van der Waals surface area (Å²) in [5, 5.41) is 9.81. The third-order valence-corrected chi connectivity index (χ3v) is 9.02. The van der Waals surface area contributed by atoms with Gasteiger partial charge in [-0.2, -0.15) is 0 Å². The standard InChI is InChI=1S/C24H30O5/c1-4-24(21(22(27)28)29-13-25)10-8-19-20-14(2)11-15-12-16(26)5-6-17(15)18(20)7-9-23(19,24)3/h1,12-14,17-21H,5-11H2,2-3H3,(H,27,28)/t14?,17?,18?,19?,20?,21?,23-,24-/m0/s1. The first kappa shape index (κ1) is 20.2. The zero-order chi connectivity index (χ0) is 21.0. The first-order chi connectivity index (χ1) is 13.8. The summed E-state index contributed by atoms with van der Waals surface area (Å²) in [5.74, 6) is 4.13. The average molecular weight is 398 g/mol. The van der Waals surface area contributed by atoms with Crippen molar-refractivity contribution in [3.05, 3.63) is 11.6 Å². The van der Waals surface area contributed by atoms with E-state index in [0.717, 1.165) is 32.1 Å². The predicted molar refractivity (Wildman–Crippen MR) is 106 cm³/mol. The summed E-state index contributed by atoms with van der Waals surface area (Å²) in [6.45, 7) is 4.62. The van der Waals surface area contributed by atoms with Crippen molar-refractivity contribution in [3.8, 4) is 12.3 Å². The third-order valence-electron chi connectivity index (χ3n) is 9.02. The number of terminal acetylenes is 1. The Morgan fingerprint density at radius 3 is 2.79 bits per heavy atom. The van der Waals surface area contributed by atoms with Crippen LogP contribution < -0.4 is 0 Å². The fourth-order valence-corrected chi connectivity index (χ4v) is 7.85. The number of carbonyl (C=O) groups excluding carboxylic acids is 2. The van der Waals surface area contributed by atoms with Gasteiger partial charge in [0.2, 0.25) is 6.10 Å². The van der Waals surface area contributed by atoms with E-state index in [2.05, 4.69) is 19.8 Å². The minimum absolute atomic E-state index is 0.222. The Morgan fingerprint density at radius 2 is 2.14 bits per heavy atom. The number of carbonyl (C=O) groups is 3. The number of hydrogen-bond donors (Lipinski definition) is 1. The van der Waals surface area contributed by atoms with Crippen LogP contribution in [-0.2, 0) is 19.1 Å². The maximum absolute atomic E-state index is 12.0. The van der Waals surface area contributed by atoms with Gasteiger partial charge in [-0.15, -0.1) is 6.42 Å². The van der Waals surface area contributed by atoms with E-state index < -0.39 is 17.5 Å². The normalized spacial score (nSPS) is 44.4. The number of carboxylic acids is 1. The lowest BCUT2D eigenvalue weighted by Gasteiger charge is -2.58. The Labute approximate surface area is 172 Å². The van der Waals surface area contributed by atoms with Gasteiger partial charge in [0.05, 0.1) is 5.41 Å². The van der Waals surface area contributed by atoms with Gasteiger partial charge in [-0.25, -0.2) is 4.79 Å². The van der Waals surface area contributed by atoms with E-state index in [9.17, 15) is 19.5 Å². The van der Waals surface area contributed by atoms with Crippen molar-refractivity contribution < 1.29 is 24.2 Å². The first-order valence-corrected chi connectivity index (χ1v) is 10.8. The summed E-state index contributed by atoms with van der Waals surface area (Å²) in [6, 6.07) is 0. The Bertz CT molecular complexity index is 807. The van der Waals surface area contributed by atoms with Gasteiger partial charge in [-0.05, 0) is 79.6 Å². The molecule has 1 N–H and O–H groups in total. The molecule has 5 heteroatoms. The minimum Gasteiger partial charge on any atom is -0.478 e. The van der Waals surface area contributed by atoms with Crippen molar-refractivity contribution >= 4 is 18.2 Å². The van der Waals surface area contributed by atoms with Crippen LogP contribution in [0.25, 0.3) is 0 Å². The molecular weight excluding hydrogens is 368 g/mol. The molecule has 0 radical (unpaired) electrons. The van der Waals surface area contributed by atoms with E-state index in [1.54, 1.807) is 0 Å². The van der Waals surface area contributed by atoms with Crippen LogP contribution in [0.15, 0.2) is 11.6 Å². The van der Waals surface area contributed by atoms with Gasteiger partial charge in [0, 0.05) is 6.42 Å². The molecule has 6 unspecified atom stereocenters. The quantitative estimate of drug-likeness (QED) is 0.578. The Morgan fingerprint density at radius 1 is 1.38 bits per heavy atom. The number of fused-ring (bicyclic) bond motifs is 5. The second-order valence-electron chi connectivity index (χ2n) is 9.92. The monoisotopic (exact) mass is 398 g/mol. The molecule has 0 aromatic rings. The SMILES string of the molecule is C#C[C@@]1(C(OC=O)C(=O)O)CCC2C3C(C)CC4=CC(=O)CCC4C3CC[C@@]21C. The van der Waals surface area contributed by atoms with Crippen molar-refractivity contribution in [1.29, 1.82) is 0 Å². The molecule has 4 rings (SSSR count). The highest BCUT2D eigenvalue weighted by molar-refractivity contribution is 5.91. The molecule has 3 fully saturated rings. The minimum atomic E-state index is -1.31. The number of ketones is 1. The van der Waals surface area contributed by atoms with Crippen LogP contribution in [0.3, 0.4) is 0 Å². The maximum Gasteiger partial charge on any atom is 0.346 e. The highest BCUT2D eigenvalue weighted by Crippen LogP contribution is 2.69. The van der Waals surface area contributed by atoms with Gasteiger partial charge < -0.3 is 9.84 Å². The molecule has 0 saturated heterocycles. The van der Waals surface area contributed by atoms with Crippen LogP contribution in [0.4, 0.5) is 0 Å². The molecule has 156 valence electrons. The summed E-state index contributed by atoms with van der Waals surface area (Å²) < 4.78 is 5.09. The summed E-state index contributed by atoms with van der Waals surface area (Å²) in [5.41, 5.74) is -0.0320. The number of hydrogen-bond acceptors (Lipinski definition) is 4. The van der Waals surface area contributed by atoms with Gasteiger partial charge >= 0.3 is 5.97 Å². The van der Waals surface area contributed by atoms with Crippen LogP contribution in [0.1, 0.15) is 58.8 Å². The third kappa shape index (κ3) is 2.71. The van der Waals surface area contributed by atoms with Gasteiger partial charge in [0.25, 0.3) is 6.47 Å². The second-order valence-corrected chi connectivity index (χ2v) is 9.92. The second kappa shape index (κ2) is 7.00. The Balaban J connectivity index is 1.72. The number of ether oxygens (including phenoxy) is 1. The topological polar surface area (TPSA) is 80.7 Å². The lowest BCUT2D eigenvalue weighted by Crippen LogP contribution is -2.56. The molecule has 0 heterocycles. The molecule has 0 amide bonds. The first-order valence-electron chi connectivity index (χ1n) is 10.8. The van der Waals surface area contributed by atoms with Crippen molar-refractivity contribution in [3.63, 3.8) is 0 Å². The summed E-state index contributed by atoms with van der Waals surface area (Å²) >= 11 is 0. The van der Waals surface area contributed by atoms with Crippen LogP contribution in [0, 0.1) is 52.8 Å². The van der Waals surface area contributed by atoms with Crippen molar-refractivity contribution in [2.24, 2.45) is 40.4 Å². The smallest absolute Gasteiger partial charge is 0.346 e. The van der Waals surface area contributed by atoms with E-state index in [1.165, 1.54) is 5.57 Å². The van der Waals surface area contributed by atoms with Crippen molar-refractivity contribution in [2.75, 3.05) is 0 Å². The van der Waals surface area contributed by atoms with Crippen molar-refractivity contribution in [2.45, 2.75) is 64.9 Å². The zero-order valence-corrected chi connectivity index (χ0v) is 17.2. The van der Waals surface area contributed by atoms with Gasteiger partial charge in [0.15, 0.2) is 5.78 Å². The molecular formula is C24H30O5. The molecule has 0 bridgehead atoms. The largest absolute Gasteiger partial charge is 0.478 e. The number of carboxylic acid groups (broad SMARTS) is 1. The van der Waals surface area contributed by atoms with Gasteiger partial charge in [-0.1, -0.05) is 25.3 Å². The van der Waals surface area contributed by atoms with Crippen LogP contribution in [0.2, 0.25) is 0 Å². The fourth-order valence-electron chi connectivity index (χ4n) is 7.85. The molecule has 0 aromatic carbocycles. The number of aliphatic carboxylic acids is 1. The van der Waals surface area contributed by atoms with E-state index in [0.29, 0.717) is 42.4 Å². The molecule has 8 atom stereocenters. The fraction of sp³-hybridized carbons (Fsp3) is 0.708.